The van der Waals surface area contributed by atoms with E-state index in [4.69, 9.17) is 10.2 Å². The zero-order valence-corrected chi connectivity index (χ0v) is 6.64. The maximum absolute atomic E-state index is 10.4. The van der Waals surface area contributed by atoms with Gasteiger partial charge in [0.25, 0.3) is 0 Å². The summed E-state index contributed by atoms with van der Waals surface area (Å²) >= 11 is 0. The van der Waals surface area contributed by atoms with Gasteiger partial charge in [0.05, 0.1) is 6.54 Å². The van der Waals surface area contributed by atoms with Crippen LogP contribution in [0.3, 0.4) is 0 Å². The number of aliphatic hydroxyl groups is 1. The molecule has 1 rings (SSSR count). The van der Waals surface area contributed by atoms with Crippen molar-refractivity contribution in [3.63, 3.8) is 0 Å². The standard InChI is InChI=1S/C7H10N2O3/c1-5(10)9-3-2-8-6(4-9)7(11)12/h2,4-5,10H,3H2,1H3,(H,11,12)/t5-/m1/s1. The van der Waals surface area contributed by atoms with Gasteiger partial charge in [-0.3, -0.25) is 4.99 Å². The normalized spacial score (nSPS) is 18.8. The Labute approximate surface area is 69.6 Å². The Morgan fingerprint density at radius 3 is 3.00 bits per heavy atom. The number of rotatable bonds is 2. The summed E-state index contributed by atoms with van der Waals surface area (Å²) in [4.78, 5) is 15.6. The van der Waals surface area contributed by atoms with E-state index < -0.39 is 12.2 Å². The zero-order valence-electron chi connectivity index (χ0n) is 6.64. The average molecular weight is 170 g/mol. The van der Waals surface area contributed by atoms with Crippen molar-refractivity contribution in [1.29, 1.82) is 0 Å². The number of nitrogens with zero attached hydrogens (tertiary/aromatic N) is 2. The van der Waals surface area contributed by atoms with E-state index in [-0.39, 0.29) is 5.70 Å². The highest BCUT2D eigenvalue weighted by molar-refractivity contribution is 5.89. The molecule has 0 radical (unpaired) electrons. The molecule has 0 amide bonds. The monoisotopic (exact) mass is 170 g/mol. The van der Waals surface area contributed by atoms with Crippen molar-refractivity contribution < 1.29 is 15.0 Å². The molecule has 5 heteroatoms. The van der Waals surface area contributed by atoms with Crippen LogP contribution < -0.4 is 0 Å². The van der Waals surface area contributed by atoms with Crippen LogP contribution in [-0.4, -0.2) is 40.1 Å². The fourth-order valence-electron chi connectivity index (χ4n) is 0.847. The highest BCUT2D eigenvalue weighted by atomic mass is 16.4. The molecule has 1 atom stereocenters. The second kappa shape index (κ2) is 3.36. The van der Waals surface area contributed by atoms with Crippen molar-refractivity contribution in [3.8, 4) is 0 Å². The Bertz CT molecular complexity index is 245. The number of aliphatic carboxylic acids is 1. The summed E-state index contributed by atoms with van der Waals surface area (Å²) in [6, 6.07) is 0. The van der Waals surface area contributed by atoms with Crippen molar-refractivity contribution in [2.45, 2.75) is 13.2 Å². The summed E-state index contributed by atoms with van der Waals surface area (Å²) in [5.74, 6) is -1.09. The maximum Gasteiger partial charge on any atom is 0.355 e. The van der Waals surface area contributed by atoms with E-state index in [1.807, 2.05) is 0 Å². The lowest BCUT2D eigenvalue weighted by Crippen LogP contribution is -2.32. The molecular weight excluding hydrogens is 160 g/mol. The van der Waals surface area contributed by atoms with Crippen LogP contribution in [0.4, 0.5) is 0 Å². The number of aliphatic hydroxyl groups excluding tert-OH is 1. The Morgan fingerprint density at radius 1 is 1.83 bits per heavy atom. The van der Waals surface area contributed by atoms with E-state index in [1.54, 1.807) is 6.92 Å². The van der Waals surface area contributed by atoms with Gasteiger partial charge >= 0.3 is 5.97 Å². The van der Waals surface area contributed by atoms with Gasteiger partial charge in [-0.25, -0.2) is 4.79 Å². The number of carboxylic acid groups (broad SMARTS) is 1. The number of carboxylic acids is 1. The molecule has 0 aromatic carbocycles. The zero-order chi connectivity index (χ0) is 9.14. The third kappa shape index (κ3) is 1.82. The molecule has 1 aliphatic heterocycles. The van der Waals surface area contributed by atoms with Crippen LogP contribution in [0.1, 0.15) is 6.92 Å². The largest absolute Gasteiger partial charge is 0.476 e. The molecule has 0 bridgehead atoms. The molecule has 0 saturated heterocycles. The van der Waals surface area contributed by atoms with E-state index in [0.717, 1.165) is 0 Å². The molecule has 0 aromatic heterocycles. The third-order valence-electron chi connectivity index (χ3n) is 1.51. The van der Waals surface area contributed by atoms with Gasteiger partial charge in [-0.05, 0) is 6.92 Å². The van der Waals surface area contributed by atoms with Crippen LogP contribution in [0.25, 0.3) is 0 Å². The molecule has 5 nitrogen and oxygen atoms in total. The molecular formula is C7H10N2O3. The lowest BCUT2D eigenvalue weighted by Gasteiger charge is -2.23. The van der Waals surface area contributed by atoms with Crippen LogP contribution in [-0.2, 0) is 4.79 Å². The highest BCUT2D eigenvalue weighted by Crippen LogP contribution is 2.06. The SMILES string of the molecule is C[C@@H](O)N1C=C(C(=O)O)N=CC1. The fourth-order valence-corrected chi connectivity index (χ4v) is 0.847. The van der Waals surface area contributed by atoms with Crippen LogP contribution in [0.2, 0.25) is 0 Å². The summed E-state index contributed by atoms with van der Waals surface area (Å²) in [5, 5.41) is 17.7. The summed E-state index contributed by atoms with van der Waals surface area (Å²) in [5.41, 5.74) is -0.0536. The van der Waals surface area contributed by atoms with Crippen LogP contribution in [0, 0.1) is 0 Å². The van der Waals surface area contributed by atoms with Gasteiger partial charge < -0.3 is 15.1 Å². The van der Waals surface area contributed by atoms with Crippen molar-refractivity contribution in [2.24, 2.45) is 4.99 Å². The van der Waals surface area contributed by atoms with Crippen molar-refractivity contribution in [2.75, 3.05) is 6.54 Å². The molecule has 1 heterocycles. The summed E-state index contributed by atoms with van der Waals surface area (Å²) in [6.07, 6.45) is 2.09. The molecule has 12 heavy (non-hydrogen) atoms. The number of hydrogen-bond acceptors (Lipinski definition) is 4. The molecule has 2 N–H and O–H groups in total. The number of carbonyl (C=O) groups is 1. The van der Waals surface area contributed by atoms with E-state index in [9.17, 15) is 4.79 Å². The first-order chi connectivity index (χ1) is 5.61. The molecule has 1 aliphatic rings. The molecule has 0 unspecified atom stereocenters. The molecule has 0 spiro atoms. The van der Waals surface area contributed by atoms with Gasteiger partial charge in [0.15, 0.2) is 5.70 Å². The minimum absolute atomic E-state index is 0.0536. The second-order valence-electron chi connectivity index (χ2n) is 2.46. The molecule has 0 saturated carbocycles. The Balaban J connectivity index is 2.75. The molecule has 0 aliphatic carbocycles. The third-order valence-corrected chi connectivity index (χ3v) is 1.51. The minimum atomic E-state index is -1.09. The van der Waals surface area contributed by atoms with E-state index in [1.165, 1.54) is 17.3 Å². The number of aliphatic imine (C=N–C) groups is 1. The summed E-state index contributed by atoms with van der Waals surface area (Å²) in [6.45, 7) is 2.00. The Morgan fingerprint density at radius 2 is 2.50 bits per heavy atom. The smallest absolute Gasteiger partial charge is 0.355 e. The van der Waals surface area contributed by atoms with E-state index in [0.29, 0.717) is 6.54 Å². The average Bonchev–Trinajstić information content (AvgIpc) is 2.04. The molecule has 0 aromatic rings. The van der Waals surface area contributed by atoms with Crippen molar-refractivity contribution >= 4 is 12.2 Å². The predicted octanol–water partition coefficient (Wildman–Crippen LogP) is -0.363. The Kier molecular flexibility index (Phi) is 2.44. The van der Waals surface area contributed by atoms with Crippen LogP contribution in [0.5, 0.6) is 0 Å². The number of hydrogen-bond donors (Lipinski definition) is 2. The first kappa shape index (κ1) is 8.73. The van der Waals surface area contributed by atoms with Gasteiger partial charge in [0.1, 0.15) is 6.23 Å². The quantitative estimate of drug-likeness (QED) is 0.593. The first-order valence-electron chi connectivity index (χ1n) is 3.52. The second-order valence-corrected chi connectivity index (χ2v) is 2.46. The van der Waals surface area contributed by atoms with Crippen LogP contribution >= 0.6 is 0 Å². The van der Waals surface area contributed by atoms with Gasteiger partial charge in [0, 0.05) is 12.4 Å². The van der Waals surface area contributed by atoms with Gasteiger partial charge in [-0.1, -0.05) is 0 Å². The van der Waals surface area contributed by atoms with Gasteiger partial charge in [0.2, 0.25) is 0 Å². The van der Waals surface area contributed by atoms with E-state index in [2.05, 4.69) is 4.99 Å². The predicted molar refractivity (Wildman–Crippen MR) is 42.6 cm³/mol. The highest BCUT2D eigenvalue weighted by Gasteiger charge is 2.14. The van der Waals surface area contributed by atoms with Gasteiger partial charge in [-0.2, -0.15) is 0 Å². The summed E-state index contributed by atoms with van der Waals surface area (Å²) in [7, 11) is 0. The van der Waals surface area contributed by atoms with Crippen LogP contribution in [0.15, 0.2) is 16.9 Å². The topological polar surface area (TPSA) is 73.1 Å². The summed E-state index contributed by atoms with van der Waals surface area (Å²) < 4.78 is 0. The first-order valence-corrected chi connectivity index (χ1v) is 3.52. The van der Waals surface area contributed by atoms with Crippen molar-refractivity contribution in [1.82, 2.24) is 4.90 Å². The minimum Gasteiger partial charge on any atom is -0.476 e. The maximum atomic E-state index is 10.4. The van der Waals surface area contributed by atoms with E-state index >= 15 is 0 Å². The molecule has 0 fully saturated rings. The lowest BCUT2D eigenvalue weighted by atomic mass is 10.4. The lowest BCUT2D eigenvalue weighted by molar-refractivity contribution is -0.132. The fraction of sp³-hybridized carbons (Fsp3) is 0.429. The molecule has 66 valence electrons. The van der Waals surface area contributed by atoms with Gasteiger partial charge in [-0.15, -0.1) is 0 Å². The Hall–Kier alpha value is -1.36. The van der Waals surface area contributed by atoms with Crippen molar-refractivity contribution in [3.05, 3.63) is 11.9 Å².